The van der Waals surface area contributed by atoms with E-state index in [1.807, 2.05) is 43.0 Å². The summed E-state index contributed by atoms with van der Waals surface area (Å²) in [6, 6.07) is 7.97. The van der Waals surface area contributed by atoms with Gasteiger partial charge in [-0.15, -0.1) is 12.4 Å². The van der Waals surface area contributed by atoms with Crippen LogP contribution in [0.3, 0.4) is 0 Å². The lowest BCUT2D eigenvalue weighted by atomic mass is 10.1. The first-order chi connectivity index (χ1) is 9.61. The Labute approximate surface area is 133 Å². The summed E-state index contributed by atoms with van der Waals surface area (Å²) < 4.78 is 5.77. The molecule has 1 aliphatic heterocycles. The summed E-state index contributed by atoms with van der Waals surface area (Å²) in [4.78, 5) is 14.4. The van der Waals surface area contributed by atoms with Gasteiger partial charge in [0.1, 0.15) is 5.75 Å². The smallest absolute Gasteiger partial charge is 0.227 e. The highest BCUT2D eigenvalue weighted by atomic mass is 35.5. The van der Waals surface area contributed by atoms with Crippen LogP contribution in [-0.2, 0) is 11.2 Å². The van der Waals surface area contributed by atoms with Crippen LogP contribution < -0.4 is 10.5 Å². The zero-order valence-corrected chi connectivity index (χ0v) is 13.6. The molecule has 1 unspecified atom stereocenters. The molecular weight excluding hydrogens is 288 g/mol. The molecule has 0 spiro atoms. The summed E-state index contributed by atoms with van der Waals surface area (Å²) >= 11 is 0. The van der Waals surface area contributed by atoms with Gasteiger partial charge in [0.2, 0.25) is 5.91 Å². The molecule has 1 amide bonds. The van der Waals surface area contributed by atoms with Crippen LogP contribution in [0.25, 0.3) is 0 Å². The van der Waals surface area contributed by atoms with Gasteiger partial charge >= 0.3 is 0 Å². The highest BCUT2D eigenvalue weighted by Crippen LogP contribution is 2.23. The van der Waals surface area contributed by atoms with Gasteiger partial charge < -0.3 is 15.4 Å². The zero-order valence-electron chi connectivity index (χ0n) is 12.7. The quantitative estimate of drug-likeness (QED) is 0.908. The van der Waals surface area contributed by atoms with Crippen LogP contribution in [0, 0.1) is 0 Å². The highest BCUT2D eigenvalue weighted by Gasteiger charge is 2.27. The maximum atomic E-state index is 12.4. The standard InChI is InChI=1S/C16H24N2O2.ClH/c1-12(2)20-15-8-4-3-6-13(15)10-16(19)18-9-5-7-14(18)11-17;/h3-4,6,8,12,14H,5,7,9-11,17H2,1-2H3;1H. The van der Waals surface area contributed by atoms with E-state index in [0.29, 0.717) is 13.0 Å². The molecule has 1 fully saturated rings. The van der Waals surface area contributed by atoms with Gasteiger partial charge in [0, 0.05) is 24.7 Å². The second-order valence-corrected chi connectivity index (χ2v) is 5.57. The summed E-state index contributed by atoms with van der Waals surface area (Å²) in [5.74, 6) is 0.956. The number of halogens is 1. The van der Waals surface area contributed by atoms with E-state index in [1.54, 1.807) is 0 Å². The highest BCUT2D eigenvalue weighted by molar-refractivity contribution is 5.85. The van der Waals surface area contributed by atoms with E-state index in [-0.39, 0.29) is 30.5 Å². The van der Waals surface area contributed by atoms with Crippen molar-refractivity contribution in [2.24, 2.45) is 5.73 Å². The minimum atomic E-state index is 0. The lowest BCUT2D eigenvalue weighted by Crippen LogP contribution is -2.40. The Bertz CT molecular complexity index is 465. The Morgan fingerprint density at radius 2 is 2.14 bits per heavy atom. The average molecular weight is 313 g/mol. The fourth-order valence-corrected chi connectivity index (χ4v) is 2.69. The monoisotopic (exact) mass is 312 g/mol. The molecule has 0 saturated carbocycles. The van der Waals surface area contributed by atoms with Crippen LogP contribution in [0.5, 0.6) is 5.75 Å². The molecule has 1 saturated heterocycles. The molecule has 21 heavy (non-hydrogen) atoms. The topological polar surface area (TPSA) is 55.6 Å². The average Bonchev–Trinajstić information content (AvgIpc) is 2.88. The molecule has 118 valence electrons. The first kappa shape index (κ1) is 17.8. The van der Waals surface area contributed by atoms with Gasteiger partial charge in [0.25, 0.3) is 0 Å². The third kappa shape index (κ3) is 4.61. The molecule has 5 heteroatoms. The van der Waals surface area contributed by atoms with Gasteiger partial charge in [-0.1, -0.05) is 18.2 Å². The van der Waals surface area contributed by atoms with E-state index in [1.165, 1.54) is 0 Å². The van der Waals surface area contributed by atoms with E-state index in [2.05, 4.69) is 0 Å². The predicted octanol–water partition coefficient (Wildman–Crippen LogP) is 2.39. The number of carbonyl (C=O) groups is 1. The Kier molecular flexibility index (Phi) is 6.99. The summed E-state index contributed by atoms with van der Waals surface area (Å²) in [6.07, 6.45) is 2.57. The number of hydrogen-bond donors (Lipinski definition) is 1. The van der Waals surface area contributed by atoms with Crippen molar-refractivity contribution in [1.29, 1.82) is 0 Å². The zero-order chi connectivity index (χ0) is 14.5. The SMILES string of the molecule is CC(C)Oc1ccccc1CC(=O)N1CCCC1CN.Cl. The Morgan fingerprint density at radius 1 is 1.43 bits per heavy atom. The summed E-state index contributed by atoms with van der Waals surface area (Å²) in [7, 11) is 0. The second-order valence-electron chi connectivity index (χ2n) is 5.57. The van der Waals surface area contributed by atoms with Crippen LogP contribution in [0.2, 0.25) is 0 Å². The molecule has 4 nitrogen and oxygen atoms in total. The number of nitrogens with zero attached hydrogens (tertiary/aromatic N) is 1. The van der Waals surface area contributed by atoms with Crippen molar-refractivity contribution >= 4 is 18.3 Å². The van der Waals surface area contributed by atoms with E-state index >= 15 is 0 Å². The van der Waals surface area contributed by atoms with Crippen molar-refractivity contribution in [3.63, 3.8) is 0 Å². The summed E-state index contributed by atoms with van der Waals surface area (Å²) in [5.41, 5.74) is 6.69. The first-order valence-corrected chi connectivity index (χ1v) is 7.36. The molecule has 1 aromatic carbocycles. The number of amides is 1. The van der Waals surface area contributed by atoms with Crippen molar-refractivity contribution in [2.75, 3.05) is 13.1 Å². The van der Waals surface area contributed by atoms with Crippen LogP contribution in [0.1, 0.15) is 32.3 Å². The van der Waals surface area contributed by atoms with Crippen LogP contribution in [0.15, 0.2) is 24.3 Å². The number of benzene rings is 1. The molecule has 2 rings (SSSR count). The maximum Gasteiger partial charge on any atom is 0.227 e. The molecular formula is C16H25ClN2O2. The summed E-state index contributed by atoms with van der Waals surface area (Å²) in [6.45, 7) is 5.36. The van der Waals surface area contributed by atoms with E-state index < -0.39 is 0 Å². The molecule has 1 heterocycles. The largest absolute Gasteiger partial charge is 0.491 e. The Hall–Kier alpha value is -1.26. The summed E-state index contributed by atoms with van der Waals surface area (Å²) in [5, 5.41) is 0. The van der Waals surface area contributed by atoms with Gasteiger partial charge in [-0.3, -0.25) is 4.79 Å². The van der Waals surface area contributed by atoms with E-state index in [9.17, 15) is 4.79 Å². The van der Waals surface area contributed by atoms with Crippen LogP contribution in [0.4, 0.5) is 0 Å². The third-order valence-electron chi connectivity index (χ3n) is 3.65. The molecule has 1 atom stereocenters. The van der Waals surface area contributed by atoms with Gasteiger partial charge in [-0.05, 0) is 32.8 Å². The molecule has 1 aromatic rings. The first-order valence-electron chi connectivity index (χ1n) is 7.36. The third-order valence-corrected chi connectivity index (χ3v) is 3.65. The number of ether oxygens (including phenoxy) is 1. The Morgan fingerprint density at radius 3 is 2.81 bits per heavy atom. The van der Waals surface area contributed by atoms with Crippen molar-refractivity contribution in [3.05, 3.63) is 29.8 Å². The number of likely N-dealkylation sites (tertiary alicyclic amines) is 1. The minimum Gasteiger partial charge on any atom is -0.491 e. The molecule has 0 aromatic heterocycles. The fourth-order valence-electron chi connectivity index (χ4n) is 2.69. The molecule has 0 bridgehead atoms. The molecule has 0 aliphatic carbocycles. The molecule has 1 aliphatic rings. The van der Waals surface area contributed by atoms with E-state index in [4.69, 9.17) is 10.5 Å². The minimum absolute atomic E-state index is 0. The predicted molar refractivity (Wildman–Crippen MR) is 86.9 cm³/mol. The molecule has 0 radical (unpaired) electrons. The number of nitrogens with two attached hydrogens (primary N) is 1. The number of para-hydroxylation sites is 1. The van der Waals surface area contributed by atoms with Crippen LogP contribution >= 0.6 is 12.4 Å². The fraction of sp³-hybridized carbons (Fsp3) is 0.562. The van der Waals surface area contributed by atoms with Gasteiger partial charge in [0.15, 0.2) is 0 Å². The lowest BCUT2D eigenvalue weighted by molar-refractivity contribution is -0.131. The number of hydrogen-bond acceptors (Lipinski definition) is 3. The van der Waals surface area contributed by atoms with E-state index in [0.717, 1.165) is 30.7 Å². The maximum absolute atomic E-state index is 12.4. The second kappa shape index (κ2) is 8.25. The van der Waals surface area contributed by atoms with Crippen molar-refractivity contribution in [1.82, 2.24) is 4.90 Å². The van der Waals surface area contributed by atoms with Crippen molar-refractivity contribution in [3.8, 4) is 5.75 Å². The van der Waals surface area contributed by atoms with Crippen molar-refractivity contribution in [2.45, 2.75) is 45.3 Å². The Balaban J connectivity index is 0.00000220. The lowest BCUT2D eigenvalue weighted by Gasteiger charge is -2.24. The normalized spacial score (nSPS) is 17.7. The van der Waals surface area contributed by atoms with Crippen molar-refractivity contribution < 1.29 is 9.53 Å². The number of rotatable bonds is 5. The molecule has 2 N–H and O–H groups in total. The van der Waals surface area contributed by atoms with Gasteiger partial charge in [-0.25, -0.2) is 0 Å². The number of carbonyl (C=O) groups excluding carboxylic acids is 1. The van der Waals surface area contributed by atoms with Gasteiger partial charge in [0.05, 0.1) is 12.5 Å². The van der Waals surface area contributed by atoms with Gasteiger partial charge in [-0.2, -0.15) is 0 Å². The van der Waals surface area contributed by atoms with Crippen LogP contribution in [-0.4, -0.2) is 36.0 Å².